The summed E-state index contributed by atoms with van der Waals surface area (Å²) >= 11 is 0. The smallest absolute Gasteiger partial charge is 0.259 e. The minimum absolute atomic E-state index is 0.109. The number of benzene rings is 3. The summed E-state index contributed by atoms with van der Waals surface area (Å²) in [6.07, 6.45) is 1.58. The summed E-state index contributed by atoms with van der Waals surface area (Å²) in [7, 11) is 0. The van der Waals surface area contributed by atoms with E-state index in [1.165, 1.54) is 0 Å². The van der Waals surface area contributed by atoms with Crippen LogP contribution in [0, 0.1) is 0 Å². The first-order chi connectivity index (χ1) is 14.7. The van der Waals surface area contributed by atoms with Crippen molar-refractivity contribution in [3.05, 3.63) is 90.0 Å². The summed E-state index contributed by atoms with van der Waals surface area (Å²) in [5.74, 6) is 1.25. The first-order valence-corrected chi connectivity index (χ1v) is 9.79. The third-order valence-corrected chi connectivity index (χ3v) is 4.17. The van der Waals surface area contributed by atoms with Crippen LogP contribution in [-0.4, -0.2) is 25.3 Å². The number of anilines is 1. The normalized spacial score (nSPS) is 10.6. The van der Waals surface area contributed by atoms with Gasteiger partial charge in [-0.25, -0.2) is 5.43 Å². The van der Waals surface area contributed by atoms with Crippen molar-refractivity contribution in [3.63, 3.8) is 0 Å². The van der Waals surface area contributed by atoms with E-state index in [4.69, 9.17) is 9.47 Å². The number of carbonyl (C=O) groups is 1. The quantitative estimate of drug-likeness (QED) is 0.393. The Morgan fingerprint density at radius 1 is 0.933 bits per heavy atom. The van der Waals surface area contributed by atoms with Crippen LogP contribution < -0.4 is 20.2 Å². The molecular formula is C24H25N3O3. The van der Waals surface area contributed by atoms with Gasteiger partial charge in [0.1, 0.15) is 18.1 Å². The highest BCUT2D eigenvalue weighted by molar-refractivity contribution is 5.86. The van der Waals surface area contributed by atoms with Gasteiger partial charge in [0.05, 0.1) is 19.4 Å². The molecule has 3 rings (SSSR count). The van der Waals surface area contributed by atoms with Gasteiger partial charge < -0.3 is 14.8 Å². The summed E-state index contributed by atoms with van der Waals surface area (Å²) in [4.78, 5) is 12.0. The number of amides is 1. The number of hydrazone groups is 1. The molecule has 0 aliphatic carbocycles. The second kappa shape index (κ2) is 11.3. The van der Waals surface area contributed by atoms with Crippen LogP contribution >= 0.6 is 0 Å². The van der Waals surface area contributed by atoms with Gasteiger partial charge in [0.2, 0.25) is 0 Å². The van der Waals surface area contributed by atoms with Crippen molar-refractivity contribution in [2.24, 2.45) is 5.10 Å². The Kier molecular flexibility index (Phi) is 7.85. The third-order valence-electron chi connectivity index (χ3n) is 4.17. The summed E-state index contributed by atoms with van der Waals surface area (Å²) in [5.41, 5.74) is 5.22. The number of nitrogens with zero attached hydrogens (tertiary/aromatic N) is 1. The zero-order chi connectivity index (χ0) is 21.0. The number of ether oxygens (including phenoxy) is 2. The molecule has 0 atom stereocenters. The van der Waals surface area contributed by atoms with Gasteiger partial charge in [-0.15, -0.1) is 0 Å². The van der Waals surface area contributed by atoms with Gasteiger partial charge in [0.25, 0.3) is 5.91 Å². The van der Waals surface area contributed by atoms with E-state index in [0.29, 0.717) is 19.0 Å². The van der Waals surface area contributed by atoms with E-state index in [1.807, 2.05) is 85.8 Å². The fourth-order valence-corrected chi connectivity index (χ4v) is 2.69. The van der Waals surface area contributed by atoms with Crippen molar-refractivity contribution in [1.82, 2.24) is 5.43 Å². The van der Waals surface area contributed by atoms with Gasteiger partial charge >= 0.3 is 0 Å². The summed E-state index contributed by atoms with van der Waals surface area (Å²) < 4.78 is 11.3. The molecule has 6 heteroatoms. The van der Waals surface area contributed by atoms with E-state index < -0.39 is 0 Å². The first-order valence-electron chi connectivity index (χ1n) is 9.79. The predicted octanol–water partition coefficient (Wildman–Crippen LogP) is 4.23. The van der Waals surface area contributed by atoms with Gasteiger partial charge in [0, 0.05) is 11.3 Å². The first kappa shape index (κ1) is 20.9. The van der Waals surface area contributed by atoms with Crippen LogP contribution in [0.5, 0.6) is 11.5 Å². The second-order valence-electron chi connectivity index (χ2n) is 6.42. The van der Waals surface area contributed by atoms with Crippen molar-refractivity contribution >= 4 is 17.8 Å². The summed E-state index contributed by atoms with van der Waals surface area (Å²) in [6, 6.07) is 24.9. The molecule has 0 saturated carbocycles. The van der Waals surface area contributed by atoms with Crippen LogP contribution in [0.4, 0.5) is 5.69 Å². The standard InChI is InChI=1S/C24H25N3O3/c1-2-29-22-14-12-21(13-15-22)25-17-24(28)27-26-16-20-10-6-7-11-23(20)30-18-19-8-4-3-5-9-19/h3-16,25H,2,17-18H2,1H3,(H,27,28)/b26-16-. The molecule has 30 heavy (non-hydrogen) atoms. The Morgan fingerprint density at radius 2 is 1.67 bits per heavy atom. The monoisotopic (exact) mass is 403 g/mol. The lowest BCUT2D eigenvalue weighted by atomic mass is 10.2. The molecule has 0 bridgehead atoms. The number of carbonyl (C=O) groups excluding carboxylic acids is 1. The highest BCUT2D eigenvalue weighted by Crippen LogP contribution is 2.18. The lowest BCUT2D eigenvalue weighted by Gasteiger charge is -2.09. The molecule has 0 aliphatic rings. The fourth-order valence-electron chi connectivity index (χ4n) is 2.69. The average molecular weight is 403 g/mol. The van der Waals surface area contributed by atoms with E-state index >= 15 is 0 Å². The zero-order valence-electron chi connectivity index (χ0n) is 16.9. The highest BCUT2D eigenvalue weighted by Gasteiger charge is 2.03. The molecule has 0 spiro atoms. The van der Waals surface area contributed by atoms with Crippen LogP contribution in [0.15, 0.2) is 84.0 Å². The molecule has 1 amide bonds. The molecule has 0 aliphatic heterocycles. The molecule has 2 N–H and O–H groups in total. The van der Waals surface area contributed by atoms with E-state index in [2.05, 4.69) is 15.8 Å². The molecule has 3 aromatic carbocycles. The van der Waals surface area contributed by atoms with E-state index in [-0.39, 0.29) is 12.5 Å². The minimum atomic E-state index is -0.247. The number of nitrogens with one attached hydrogen (secondary N) is 2. The molecule has 0 radical (unpaired) electrons. The van der Waals surface area contributed by atoms with Crippen LogP contribution in [0.1, 0.15) is 18.1 Å². The van der Waals surface area contributed by atoms with Gasteiger partial charge in [-0.1, -0.05) is 42.5 Å². The number of hydrogen-bond donors (Lipinski definition) is 2. The molecule has 0 fully saturated rings. The maximum atomic E-state index is 12.0. The summed E-state index contributed by atoms with van der Waals surface area (Å²) in [5, 5.41) is 7.09. The molecular weight excluding hydrogens is 378 g/mol. The Labute approximate surface area is 176 Å². The summed E-state index contributed by atoms with van der Waals surface area (Å²) in [6.45, 7) is 3.12. The van der Waals surface area contributed by atoms with E-state index in [0.717, 1.165) is 22.6 Å². The molecule has 0 saturated heterocycles. The maximum absolute atomic E-state index is 12.0. The topological polar surface area (TPSA) is 72.0 Å². The van der Waals surface area contributed by atoms with Crippen molar-refractivity contribution in [3.8, 4) is 11.5 Å². The molecule has 6 nitrogen and oxygen atoms in total. The van der Waals surface area contributed by atoms with Crippen molar-refractivity contribution in [2.45, 2.75) is 13.5 Å². The molecule has 0 heterocycles. The average Bonchev–Trinajstić information content (AvgIpc) is 2.79. The van der Waals surface area contributed by atoms with Gasteiger partial charge in [-0.2, -0.15) is 5.10 Å². The third kappa shape index (κ3) is 6.67. The molecule has 0 unspecified atom stereocenters. The molecule has 3 aromatic rings. The van der Waals surface area contributed by atoms with Crippen LogP contribution in [0.3, 0.4) is 0 Å². The Morgan fingerprint density at radius 3 is 2.43 bits per heavy atom. The fraction of sp³-hybridized carbons (Fsp3) is 0.167. The Balaban J connectivity index is 1.48. The Bertz CT molecular complexity index is 957. The largest absolute Gasteiger partial charge is 0.494 e. The Hall–Kier alpha value is -3.80. The van der Waals surface area contributed by atoms with Gasteiger partial charge in [-0.05, 0) is 48.9 Å². The van der Waals surface area contributed by atoms with Crippen molar-refractivity contribution < 1.29 is 14.3 Å². The van der Waals surface area contributed by atoms with Gasteiger partial charge in [0.15, 0.2) is 0 Å². The zero-order valence-corrected chi connectivity index (χ0v) is 16.9. The highest BCUT2D eigenvalue weighted by atomic mass is 16.5. The SMILES string of the molecule is CCOc1ccc(NCC(=O)N/N=C\c2ccccc2OCc2ccccc2)cc1. The number of rotatable bonds is 10. The maximum Gasteiger partial charge on any atom is 0.259 e. The lowest BCUT2D eigenvalue weighted by Crippen LogP contribution is -2.25. The number of para-hydroxylation sites is 1. The minimum Gasteiger partial charge on any atom is -0.494 e. The van der Waals surface area contributed by atoms with E-state index in [9.17, 15) is 4.79 Å². The second-order valence-corrected chi connectivity index (χ2v) is 6.42. The van der Waals surface area contributed by atoms with Crippen molar-refractivity contribution in [1.29, 1.82) is 0 Å². The van der Waals surface area contributed by atoms with E-state index in [1.54, 1.807) is 6.21 Å². The van der Waals surface area contributed by atoms with Gasteiger partial charge in [-0.3, -0.25) is 4.79 Å². The van der Waals surface area contributed by atoms with Crippen LogP contribution in [0.25, 0.3) is 0 Å². The lowest BCUT2D eigenvalue weighted by molar-refractivity contribution is -0.119. The molecule has 154 valence electrons. The molecule has 0 aromatic heterocycles. The number of hydrogen-bond acceptors (Lipinski definition) is 5. The predicted molar refractivity (Wildman–Crippen MR) is 119 cm³/mol. The van der Waals surface area contributed by atoms with Crippen molar-refractivity contribution in [2.75, 3.05) is 18.5 Å². The van der Waals surface area contributed by atoms with Crippen LogP contribution in [-0.2, 0) is 11.4 Å². The van der Waals surface area contributed by atoms with Crippen LogP contribution in [0.2, 0.25) is 0 Å².